The standard InChI is InChI=1S/C8H9BrN2O2/c1-5-4-13-8(10-5)11-3-6(9)2-7(11)12/h4,6H,2-3H2,1H3. The summed E-state index contributed by atoms with van der Waals surface area (Å²) in [5.74, 6) is 0.0590. The van der Waals surface area contributed by atoms with Gasteiger partial charge in [0.05, 0.1) is 5.69 Å². The Morgan fingerprint density at radius 1 is 1.77 bits per heavy atom. The van der Waals surface area contributed by atoms with Crippen molar-refractivity contribution in [3.8, 4) is 0 Å². The quantitative estimate of drug-likeness (QED) is 0.704. The lowest BCUT2D eigenvalue weighted by Gasteiger charge is -2.08. The number of nitrogens with zero attached hydrogens (tertiary/aromatic N) is 2. The van der Waals surface area contributed by atoms with Crippen LogP contribution in [0, 0.1) is 6.92 Å². The lowest BCUT2D eigenvalue weighted by atomic mass is 10.4. The number of aryl methyl sites for hydroxylation is 1. The van der Waals surface area contributed by atoms with E-state index in [9.17, 15) is 4.79 Å². The summed E-state index contributed by atoms with van der Waals surface area (Å²) in [5, 5.41) is 0. The van der Waals surface area contributed by atoms with E-state index in [0.29, 0.717) is 19.0 Å². The largest absolute Gasteiger partial charge is 0.431 e. The normalized spacial score (nSPS) is 22.8. The number of oxazole rings is 1. The highest BCUT2D eigenvalue weighted by atomic mass is 79.9. The van der Waals surface area contributed by atoms with Gasteiger partial charge in [-0.25, -0.2) is 0 Å². The van der Waals surface area contributed by atoms with E-state index in [4.69, 9.17) is 4.42 Å². The van der Waals surface area contributed by atoms with Crippen LogP contribution in [0.25, 0.3) is 0 Å². The Morgan fingerprint density at radius 3 is 3.00 bits per heavy atom. The van der Waals surface area contributed by atoms with E-state index in [1.54, 1.807) is 11.2 Å². The third kappa shape index (κ3) is 1.60. The maximum absolute atomic E-state index is 11.4. The number of carbonyl (C=O) groups excluding carboxylic acids is 1. The fourth-order valence-electron chi connectivity index (χ4n) is 1.31. The molecule has 1 unspecified atom stereocenters. The number of hydrogen-bond acceptors (Lipinski definition) is 3. The molecule has 1 aliphatic rings. The Bertz CT molecular complexity index is 337. The van der Waals surface area contributed by atoms with Crippen LogP contribution in [-0.4, -0.2) is 22.3 Å². The lowest BCUT2D eigenvalue weighted by molar-refractivity contribution is -0.117. The molecule has 1 fully saturated rings. The van der Waals surface area contributed by atoms with Crippen LogP contribution in [0.4, 0.5) is 6.01 Å². The van der Waals surface area contributed by atoms with Gasteiger partial charge in [0.25, 0.3) is 0 Å². The van der Waals surface area contributed by atoms with E-state index < -0.39 is 0 Å². The number of amides is 1. The molecule has 70 valence electrons. The molecule has 0 radical (unpaired) electrons. The minimum absolute atomic E-state index is 0.0590. The Labute approximate surface area is 84.1 Å². The molecule has 0 aromatic carbocycles. The second kappa shape index (κ2) is 3.14. The Balaban J connectivity index is 2.22. The zero-order valence-corrected chi connectivity index (χ0v) is 8.74. The SMILES string of the molecule is Cc1coc(N2CC(Br)CC2=O)n1. The zero-order valence-electron chi connectivity index (χ0n) is 7.16. The van der Waals surface area contributed by atoms with Crippen LogP contribution >= 0.6 is 15.9 Å². The zero-order chi connectivity index (χ0) is 9.42. The van der Waals surface area contributed by atoms with Gasteiger partial charge in [-0.2, -0.15) is 4.98 Å². The van der Waals surface area contributed by atoms with Gasteiger partial charge >= 0.3 is 6.01 Å². The van der Waals surface area contributed by atoms with Crippen molar-refractivity contribution >= 4 is 27.9 Å². The van der Waals surface area contributed by atoms with Gasteiger partial charge in [0, 0.05) is 17.8 Å². The molecule has 0 saturated carbocycles. The number of halogens is 1. The van der Waals surface area contributed by atoms with Gasteiger partial charge in [0.15, 0.2) is 0 Å². The van der Waals surface area contributed by atoms with Gasteiger partial charge in [-0.1, -0.05) is 15.9 Å². The van der Waals surface area contributed by atoms with Crippen LogP contribution < -0.4 is 4.90 Å². The molecule has 5 heteroatoms. The topological polar surface area (TPSA) is 46.3 Å². The van der Waals surface area contributed by atoms with E-state index in [1.807, 2.05) is 6.92 Å². The highest BCUT2D eigenvalue weighted by Crippen LogP contribution is 2.24. The van der Waals surface area contributed by atoms with Gasteiger partial charge in [-0.15, -0.1) is 0 Å². The smallest absolute Gasteiger partial charge is 0.304 e. The first-order valence-corrected chi connectivity index (χ1v) is 4.95. The average Bonchev–Trinajstić information content (AvgIpc) is 2.58. The third-order valence-electron chi connectivity index (χ3n) is 1.92. The third-order valence-corrected chi connectivity index (χ3v) is 2.53. The minimum atomic E-state index is 0.0590. The van der Waals surface area contributed by atoms with E-state index >= 15 is 0 Å². The van der Waals surface area contributed by atoms with E-state index in [1.165, 1.54) is 0 Å². The molecule has 1 saturated heterocycles. The van der Waals surface area contributed by atoms with E-state index in [-0.39, 0.29) is 10.7 Å². The Morgan fingerprint density at radius 2 is 2.54 bits per heavy atom. The van der Waals surface area contributed by atoms with Crippen molar-refractivity contribution < 1.29 is 9.21 Å². The van der Waals surface area contributed by atoms with Crippen molar-refractivity contribution in [3.05, 3.63) is 12.0 Å². The molecule has 1 aliphatic heterocycles. The Hall–Kier alpha value is -0.840. The van der Waals surface area contributed by atoms with E-state index in [0.717, 1.165) is 5.69 Å². The summed E-state index contributed by atoms with van der Waals surface area (Å²) in [7, 11) is 0. The molecule has 0 aliphatic carbocycles. The predicted octanol–water partition coefficient (Wildman–Crippen LogP) is 1.48. The number of hydrogen-bond donors (Lipinski definition) is 0. The van der Waals surface area contributed by atoms with Crippen molar-refractivity contribution in [1.82, 2.24) is 4.98 Å². The van der Waals surface area contributed by atoms with Crippen LogP contribution in [0.3, 0.4) is 0 Å². The summed E-state index contributed by atoms with van der Waals surface area (Å²) in [5.41, 5.74) is 0.792. The molecule has 4 nitrogen and oxygen atoms in total. The molecule has 0 N–H and O–H groups in total. The fraction of sp³-hybridized carbons (Fsp3) is 0.500. The van der Waals surface area contributed by atoms with Gasteiger partial charge in [0.2, 0.25) is 5.91 Å². The molecule has 13 heavy (non-hydrogen) atoms. The van der Waals surface area contributed by atoms with Gasteiger partial charge in [-0.3, -0.25) is 9.69 Å². The molecule has 0 bridgehead atoms. The molecule has 1 aromatic heterocycles. The lowest BCUT2D eigenvalue weighted by Crippen LogP contribution is -2.24. The fourth-order valence-corrected chi connectivity index (χ4v) is 1.88. The van der Waals surface area contributed by atoms with Crippen molar-refractivity contribution in [2.75, 3.05) is 11.4 Å². The number of carbonyl (C=O) groups is 1. The second-order valence-corrected chi connectivity index (χ2v) is 4.37. The summed E-state index contributed by atoms with van der Waals surface area (Å²) in [6.45, 7) is 2.47. The molecule has 2 heterocycles. The second-order valence-electron chi connectivity index (χ2n) is 3.08. The number of rotatable bonds is 1. The first kappa shape index (κ1) is 8.74. The minimum Gasteiger partial charge on any atom is -0.431 e. The molecule has 1 amide bonds. The van der Waals surface area contributed by atoms with Crippen LogP contribution in [0.5, 0.6) is 0 Å². The van der Waals surface area contributed by atoms with Gasteiger partial charge in [0.1, 0.15) is 6.26 Å². The van der Waals surface area contributed by atoms with Gasteiger partial charge in [-0.05, 0) is 6.92 Å². The summed E-state index contributed by atoms with van der Waals surface area (Å²) in [6.07, 6.45) is 2.06. The Kier molecular flexibility index (Phi) is 2.11. The maximum atomic E-state index is 11.4. The summed E-state index contributed by atoms with van der Waals surface area (Å²) in [6, 6.07) is 0.407. The number of alkyl halides is 1. The highest BCUT2D eigenvalue weighted by Gasteiger charge is 2.31. The van der Waals surface area contributed by atoms with Crippen LogP contribution in [-0.2, 0) is 4.79 Å². The average molecular weight is 245 g/mol. The van der Waals surface area contributed by atoms with Crippen LogP contribution in [0.1, 0.15) is 12.1 Å². The molecule has 0 spiro atoms. The molecular formula is C8H9BrN2O2. The van der Waals surface area contributed by atoms with Crippen molar-refractivity contribution in [2.24, 2.45) is 0 Å². The molecule has 1 aromatic rings. The van der Waals surface area contributed by atoms with E-state index in [2.05, 4.69) is 20.9 Å². The van der Waals surface area contributed by atoms with Crippen molar-refractivity contribution in [3.63, 3.8) is 0 Å². The molecule has 2 rings (SSSR count). The predicted molar refractivity (Wildman–Crippen MR) is 50.9 cm³/mol. The maximum Gasteiger partial charge on any atom is 0.304 e. The van der Waals surface area contributed by atoms with Crippen LogP contribution in [0.15, 0.2) is 10.7 Å². The van der Waals surface area contributed by atoms with Gasteiger partial charge < -0.3 is 4.42 Å². The monoisotopic (exact) mass is 244 g/mol. The summed E-state index contributed by atoms with van der Waals surface area (Å²) < 4.78 is 5.14. The van der Waals surface area contributed by atoms with Crippen LogP contribution in [0.2, 0.25) is 0 Å². The first-order chi connectivity index (χ1) is 6.16. The molecular weight excluding hydrogens is 236 g/mol. The van der Waals surface area contributed by atoms with Crippen molar-refractivity contribution in [2.45, 2.75) is 18.2 Å². The first-order valence-electron chi connectivity index (χ1n) is 4.03. The summed E-state index contributed by atoms with van der Waals surface area (Å²) in [4.78, 5) is 17.3. The van der Waals surface area contributed by atoms with Crippen molar-refractivity contribution in [1.29, 1.82) is 0 Å². The summed E-state index contributed by atoms with van der Waals surface area (Å²) >= 11 is 3.39. The molecule has 1 atom stereocenters. The highest BCUT2D eigenvalue weighted by molar-refractivity contribution is 9.09. The number of aromatic nitrogens is 1. The number of anilines is 1.